The summed E-state index contributed by atoms with van der Waals surface area (Å²) in [5.41, 5.74) is 0.203. The van der Waals surface area contributed by atoms with Crippen molar-refractivity contribution in [1.29, 1.82) is 0 Å². The minimum atomic E-state index is -3.80. The van der Waals surface area contributed by atoms with Crippen molar-refractivity contribution in [2.45, 2.75) is 18.7 Å². The van der Waals surface area contributed by atoms with Crippen molar-refractivity contribution >= 4 is 15.9 Å². The van der Waals surface area contributed by atoms with Crippen LogP contribution >= 0.6 is 0 Å². The molecule has 0 amide bonds. The number of carbonyl (C=O) groups excluding carboxylic acids is 1. The lowest BCUT2D eigenvalue weighted by atomic mass is 10.2. The third-order valence-corrected chi connectivity index (χ3v) is 6.24. The lowest BCUT2D eigenvalue weighted by molar-refractivity contribution is 0.0730. The molecule has 1 aromatic heterocycles. The fourth-order valence-electron chi connectivity index (χ4n) is 2.86. The highest BCUT2D eigenvalue weighted by molar-refractivity contribution is 7.89. The minimum absolute atomic E-state index is 0.0147. The van der Waals surface area contributed by atoms with E-state index in [0.717, 1.165) is 4.68 Å². The van der Waals surface area contributed by atoms with Crippen molar-refractivity contribution in [2.75, 3.05) is 26.3 Å². The molecule has 7 nitrogen and oxygen atoms in total. The lowest BCUT2D eigenvalue weighted by Gasteiger charge is -2.26. The summed E-state index contributed by atoms with van der Waals surface area (Å²) in [4.78, 5) is 12.6. The second-order valence-corrected chi connectivity index (χ2v) is 7.59. The molecule has 1 aliphatic rings. The normalized spacial score (nSPS) is 16.1. The number of hydrogen-bond acceptors (Lipinski definition) is 5. The number of rotatable bonds is 3. The van der Waals surface area contributed by atoms with Crippen LogP contribution in [0.15, 0.2) is 29.2 Å². The molecule has 1 saturated heterocycles. The smallest absolute Gasteiger partial charge is 0.281 e. The minimum Gasteiger partial charge on any atom is -0.379 e. The second kappa shape index (κ2) is 6.66. The number of aromatic nitrogens is 2. The highest BCUT2D eigenvalue weighted by atomic mass is 32.2. The maximum Gasteiger partial charge on any atom is 0.281 e. The van der Waals surface area contributed by atoms with Gasteiger partial charge in [-0.3, -0.25) is 4.79 Å². The summed E-state index contributed by atoms with van der Waals surface area (Å²) in [5.74, 6) is -1.39. The molecule has 0 saturated carbocycles. The van der Waals surface area contributed by atoms with Crippen LogP contribution in [0.3, 0.4) is 0 Å². The molecule has 1 aliphatic heterocycles. The zero-order valence-electron chi connectivity index (χ0n) is 13.9. The van der Waals surface area contributed by atoms with E-state index in [1.54, 1.807) is 0 Å². The van der Waals surface area contributed by atoms with Crippen LogP contribution in [0.2, 0.25) is 0 Å². The summed E-state index contributed by atoms with van der Waals surface area (Å²) < 4.78 is 47.1. The van der Waals surface area contributed by atoms with Gasteiger partial charge in [0.25, 0.3) is 5.91 Å². The summed E-state index contributed by atoms with van der Waals surface area (Å²) in [6, 6.07) is 5.52. The van der Waals surface area contributed by atoms with Crippen LogP contribution in [0, 0.1) is 19.7 Å². The lowest BCUT2D eigenvalue weighted by Crippen LogP contribution is -2.41. The Kier molecular flexibility index (Phi) is 4.72. The molecule has 1 aromatic carbocycles. The van der Waals surface area contributed by atoms with Crippen molar-refractivity contribution in [1.82, 2.24) is 14.1 Å². The Morgan fingerprint density at radius 1 is 1.20 bits per heavy atom. The van der Waals surface area contributed by atoms with E-state index in [1.807, 2.05) is 0 Å². The Balaban J connectivity index is 2.04. The first-order valence-corrected chi connectivity index (χ1v) is 9.21. The molecule has 0 bridgehead atoms. The van der Waals surface area contributed by atoms with E-state index in [9.17, 15) is 17.6 Å². The summed E-state index contributed by atoms with van der Waals surface area (Å²) in [7, 11) is -3.80. The van der Waals surface area contributed by atoms with E-state index in [2.05, 4.69) is 5.10 Å². The number of carbonyl (C=O) groups is 1. The van der Waals surface area contributed by atoms with Gasteiger partial charge in [0.2, 0.25) is 10.0 Å². The van der Waals surface area contributed by atoms with Crippen LogP contribution in [-0.2, 0) is 14.8 Å². The van der Waals surface area contributed by atoms with Crippen molar-refractivity contribution in [3.8, 4) is 0 Å². The topological polar surface area (TPSA) is 81.5 Å². The molecule has 2 aromatic rings. The standard InChI is InChI=1S/C16H18FN3O4S/c1-11-15(25(22,23)19-7-9-24-10-8-19)12(2)20(18-11)16(21)13-5-3-4-6-14(13)17/h3-6H,7-10H2,1-2H3. The Hall–Kier alpha value is -2.10. The highest BCUT2D eigenvalue weighted by Crippen LogP contribution is 2.25. The van der Waals surface area contributed by atoms with Gasteiger partial charge in [-0.25, -0.2) is 12.8 Å². The quantitative estimate of drug-likeness (QED) is 0.818. The van der Waals surface area contributed by atoms with E-state index in [-0.39, 0.29) is 34.9 Å². The van der Waals surface area contributed by atoms with E-state index in [0.29, 0.717) is 13.2 Å². The zero-order chi connectivity index (χ0) is 18.2. The van der Waals surface area contributed by atoms with Crippen LogP contribution in [-0.4, -0.2) is 54.7 Å². The molecular weight excluding hydrogens is 349 g/mol. The van der Waals surface area contributed by atoms with E-state index < -0.39 is 21.7 Å². The fraction of sp³-hybridized carbons (Fsp3) is 0.375. The highest BCUT2D eigenvalue weighted by Gasteiger charge is 2.33. The summed E-state index contributed by atoms with van der Waals surface area (Å²) >= 11 is 0. The van der Waals surface area contributed by atoms with Crippen molar-refractivity contribution in [3.05, 3.63) is 47.0 Å². The van der Waals surface area contributed by atoms with Crippen molar-refractivity contribution in [2.24, 2.45) is 0 Å². The monoisotopic (exact) mass is 367 g/mol. The molecule has 2 heterocycles. The molecule has 25 heavy (non-hydrogen) atoms. The Bertz CT molecular complexity index is 917. The first-order chi connectivity index (χ1) is 11.8. The zero-order valence-corrected chi connectivity index (χ0v) is 14.7. The maximum atomic E-state index is 13.9. The van der Waals surface area contributed by atoms with Gasteiger partial charge in [-0.1, -0.05) is 12.1 Å². The van der Waals surface area contributed by atoms with Gasteiger partial charge in [0.1, 0.15) is 10.7 Å². The molecule has 3 rings (SSSR count). The van der Waals surface area contributed by atoms with Gasteiger partial charge in [-0.2, -0.15) is 14.1 Å². The van der Waals surface area contributed by atoms with Gasteiger partial charge < -0.3 is 4.74 Å². The number of nitrogens with zero attached hydrogens (tertiary/aromatic N) is 3. The third kappa shape index (κ3) is 3.10. The maximum absolute atomic E-state index is 13.9. The van der Waals surface area contributed by atoms with Crippen LogP contribution < -0.4 is 0 Å². The largest absolute Gasteiger partial charge is 0.379 e. The molecule has 134 valence electrons. The number of ether oxygens (including phenoxy) is 1. The van der Waals surface area contributed by atoms with Crippen LogP contribution in [0.5, 0.6) is 0 Å². The average Bonchev–Trinajstić information content (AvgIpc) is 2.90. The second-order valence-electron chi connectivity index (χ2n) is 5.71. The van der Waals surface area contributed by atoms with E-state index >= 15 is 0 Å². The molecule has 0 radical (unpaired) electrons. The number of sulfonamides is 1. The molecule has 0 unspecified atom stereocenters. The average molecular weight is 367 g/mol. The van der Waals surface area contributed by atoms with Gasteiger partial charge in [-0.15, -0.1) is 0 Å². The number of benzene rings is 1. The molecule has 0 N–H and O–H groups in total. The van der Waals surface area contributed by atoms with Gasteiger partial charge in [0.15, 0.2) is 0 Å². The predicted octanol–water partition coefficient (Wildman–Crippen LogP) is 1.35. The Labute approximate surface area is 145 Å². The summed E-state index contributed by atoms with van der Waals surface area (Å²) in [6.07, 6.45) is 0. The predicted molar refractivity (Wildman–Crippen MR) is 87.4 cm³/mol. The van der Waals surface area contributed by atoms with Crippen LogP contribution in [0.25, 0.3) is 0 Å². The van der Waals surface area contributed by atoms with Gasteiger partial charge >= 0.3 is 0 Å². The number of halogens is 1. The molecule has 0 spiro atoms. The van der Waals surface area contributed by atoms with Crippen molar-refractivity contribution in [3.63, 3.8) is 0 Å². The Morgan fingerprint density at radius 3 is 2.48 bits per heavy atom. The molecule has 9 heteroatoms. The van der Waals surface area contributed by atoms with Crippen molar-refractivity contribution < 1.29 is 22.3 Å². The number of aryl methyl sites for hydroxylation is 1. The first kappa shape index (κ1) is 17.7. The van der Waals surface area contributed by atoms with Gasteiger partial charge in [0, 0.05) is 13.1 Å². The molecular formula is C16H18FN3O4S. The number of hydrogen-bond donors (Lipinski definition) is 0. The van der Waals surface area contributed by atoms with E-state index in [4.69, 9.17) is 4.74 Å². The Morgan fingerprint density at radius 2 is 1.84 bits per heavy atom. The van der Waals surface area contributed by atoms with Crippen LogP contribution in [0.1, 0.15) is 21.7 Å². The van der Waals surface area contributed by atoms with Gasteiger partial charge in [0.05, 0.1) is 30.2 Å². The summed E-state index contributed by atoms with van der Waals surface area (Å²) in [6.45, 7) is 4.14. The van der Waals surface area contributed by atoms with Crippen LogP contribution in [0.4, 0.5) is 4.39 Å². The molecule has 0 aliphatic carbocycles. The SMILES string of the molecule is Cc1nn(C(=O)c2ccccc2F)c(C)c1S(=O)(=O)N1CCOCC1. The molecule has 0 atom stereocenters. The first-order valence-electron chi connectivity index (χ1n) is 7.77. The fourth-order valence-corrected chi connectivity index (χ4v) is 4.63. The van der Waals surface area contributed by atoms with Gasteiger partial charge in [-0.05, 0) is 26.0 Å². The third-order valence-electron chi connectivity index (χ3n) is 4.09. The molecule has 1 fully saturated rings. The summed E-state index contributed by atoms with van der Waals surface area (Å²) in [5, 5.41) is 4.05. The number of morpholine rings is 1. The van der Waals surface area contributed by atoms with E-state index in [1.165, 1.54) is 42.4 Å².